The van der Waals surface area contributed by atoms with Crippen LogP contribution in [0.3, 0.4) is 0 Å². The van der Waals surface area contributed by atoms with Crippen LogP contribution in [-0.2, 0) is 6.18 Å². The van der Waals surface area contributed by atoms with Crippen molar-refractivity contribution in [3.05, 3.63) is 64.0 Å². The molecular formula is C19H13F4N3O2. The Morgan fingerprint density at radius 2 is 1.96 bits per heavy atom. The van der Waals surface area contributed by atoms with Gasteiger partial charge in [-0.2, -0.15) is 18.2 Å². The SMILES string of the molecule is CNc1nc(=O)n(-c2cccc(F)c2C)c2cc(C(F)(F)F)c3ccoc3c12. The number of hydrogen-bond acceptors (Lipinski definition) is 4. The number of aromatic nitrogens is 2. The number of fused-ring (bicyclic) bond motifs is 3. The van der Waals surface area contributed by atoms with E-state index in [9.17, 15) is 22.4 Å². The minimum Gasteiger partial charge on any atom is -0.463 e. The second-order valence-electron chi connectivity index (χ2n) is 6.19. The van der Waals surface area contributed by atoms with Gasteiger partial charge in [-0.25, -0.2) is 9.18 Å². The number of alkyl halides is 3. The van der Waals surface area contributed by atoms with Crippen molar-refractivity contribution in [3.63, 3.8) is 0 Å². The summed E-state index contributed by atoms with van der Waals surface area (Å²) in [7, 11) is 1.49. The van der Waals surface area contributed by atoms with Crippen LogP contribution in [0, 0.1) is 12.7 Å². The van der Waals surface area contributed by atoms with Crippen LogP contribution in [0.1, 0.15) is 11.1 Å². The molecule has 0 radical (unpaired) electrons. The topological polar surface area (TPSA) is 60.1 Å². The molecule has 0 fully saturated rings. The number of nitrogens with zero attached hydrogens (tertiary/aromatic N) is 2. The highest BCUT2D eigenvalue weighted by Gasteiger charge is 2.35. The van der Waals surface area contributed by atoms with Crippen LogP contribution >= 0.6 is 0 Å². The van der Waals surface area contributed by atoms with Crippen molar-refractivity contribution in [1.29, 1.82) is 0 Å². The van der Waals surface area contributed by atoms with Crippen LogP contribution in [0.25, 0.3) is 27.6 Å². The van der Waals surface area contributed by atoms with Gasteiger partial charge < -0.3 is 9.73 Å². The van der Waals surface area contributed by atoms with Gasteiger partial charge in [0, 0.05) is 18.0 Å². The van der Waals surface area contributed by atoms with E-state index in [1.165, 1.54) is 38.2 Å². The summed E-state index contributed by atoms with van der Waals surface area (Å²) in [6, 6.07) is 6.09. The normalized spacial score (nSPS) is 12.1. The lowest BCUT2D eigenvalue weighted by atomic mass is 10.0. The quantitative estimate of drug-likeness (QED) is 0.506. The number of anilines is 1. The summed E-state index contributed by atoms with van der Waals surface area (Å²) in [5.74, 6) is -0.524. The maximum absolute atomic E-state index is 14.1. The van der Waals surface area contributed by atoms with Crippen LogP contribution in [-0.4, -0.2) is 16.6 Å². The first-order chi connectivity index (χ1) is 13.2. The van der Waals surface area contributed by atoms with E-state index in [-0.39, 0.29) is 38.9 Å². The maximum Gasteiger partial charge on any atom is 0.417 e. The fourth-order valence-corrected chi connectivity index (χ4v) is 3.31. The number of furan rings is 1. The lowest BCUT2D eigenvalue weighted by Crippen LogP contribution is -2.24. The Morgan fingerprint density at radius 3 is 2.64 bits per heavy atom. The maximum atomic E-state index is 14.1. The summed E-state index contributed by atoms with van der Waals surface area (Å²) >= 11 is 0. The van der Waals surface area contributed by atoms with E-state index < -0.39 is 23.2 Å². The Kier molecular flexibility index (Phi) is 3.91. The molecule has 144 valence electrons. The molecule has 1 N–H and O–H groups in total. The highest BCUT2D eigenvalue weighted by Crippen LogP contribution is 2.40. The van der Waals surface area contributed by atoms with Gasteiger partial charge in [-0.15, -0.1) is 0 Å². The molecule has 0 atom stereocenters. The Balaban J connectivity index is 2.28. The lowest BCUT2D eigenvalue weighted by molar-refractivity contribution is -0.136. The first-order valence-corrected chi connectivity index (χ1v) is 8.21. The van der Waals surface area contributed by atoms with Gasteiger partial charge in [-0.05, 0) is 31.2 Å². The molecule has 2 aromatic heterocycles. The first-order valence-electron chi connectivity index (χ1n) is 8.21. The molecule has 0 spiro atoms. The second kappa shape index (κ2) is 6.08. The predicted molar refractivity (Wildman–Crippen MR) is 96.4 cm³/mol. The number of hydrogen-bond donors (Lipinski definition) is 1. The zero-order valence-corrected chi connectivity index (χ0v) is 14.7. The molecule has 0 unspecified atom stereocenters. The molecule has 0 aliphatic rings. The summed E-state index contributed by atoms with van der Waals surface area (Å²) < 4.78 is 61.3. The highest BCUT2D eigenvalue weighted by molar-refractivity contribution is 6.10. The molecule has 2 heterocycles. The summed E-state index contributed by atoms with van der Waals surface area (Å²) in [5.41, 5.74) is -1.75. The Morgan fingerprint density at radius 1 is 1.21 bits per heavy atom. The number of halogens is 4. The van der Waals surface area contributed by atoms with Gasteiger partial charge in [0.15, 0.2) is 0 Å². The van der Waals surface area contributed by atoms with Crippen LogP contribution in [0.15, 0.2) is 45.8 Å². The lowest BCUT2D eigenvalue weighted by Gasteiger charge is -2.17. The van der Waals surface area contributed by atoms with Gasteiger partial charge in [0.25, 0.3) is 0 Å². The van der Waals surface area contributed by atoms with Crippen molar-refractivity contribution in [2.45, 2.75) is 13.1 Å². The van der Waals surface area contributed by atoms with Gasteiger partial charge in [-0.1, -0.05) is 6.07 Å². The van der Waals surface area contributed by atoms with Crippen LogP contribution in [0.2, 0.25) is 0 Å². The average Bonchev–Trinajstić information content (AvgIpc) is 3.11. The van der Waals surface area contributed by atoms with Gasteiger partial charge in [0.2, 0.25) is 0 Å². The minimum absolute atomic E-state index is 0.0653. The van der Waals surface area contributed by atoms with E-state index in [1.54, 1.807) is 0 Å². The Hall–Kier alpha value is -3.36. The van der Waals surface area contributed by atoms with Crippen molar-refractivity contribution < 1.29 is 22.0 Å². The van der Waals surface area contributed by atoms with E-state index in [0.717, 1.165) is 16.9 Å². The largest absolute Gasteiger partial charge is 0.463 e. The average molecular weight is 391 g/mol. The summed E-state index contributed by atoms with van der Waals surface area (Å²) in [4.78, 5) is 16.6. The molecule has 0 bridgehead atoms. The zero-order valence-electron chi connectivity index (χ0n) is 14.7. The van der Waals surface area contributed by atoms with Crippen LogP contribution in [0.4, 0.5) is 23.4 Å². The predicted octanol–water partition coefficient (Wildman–Crippen LogP) is 4.64. The molecule has 0 aliphatic carbocycles. The van der Waals surface area contributed by atoms with Gasteiger partial charge in [-0.3, -0.25) is 4.57 Å². The standard InChI is InChI=1S/C19H13F4N3O2/c1-9-12(20)4-3-5-13(9)26-14-8-11(19(21,22)23)10-6-7-28-16(10)15(14)17(24-2)25-18(26)27/h3-8H,1-2H3,(H,24,25,27). The monoisotopic (exact) mass is 391 g/mol. The molecule has 4 rings (SSSR count). The van der Waals surface area contributed by atoms with E-state index in [4.69, 9.17) is 4.42 Å². The molecule has 0 saturated heterocycles. The second-order valence-corrected chi connectivity index (χ2v) is 6.19. The molecule has 0 saturated carbocycles. The van der Waals surface area contributed by atoms with Gasteiger partial charge in [0.05, 0.1) is 28.4 Å². The minimum atomic E-state index is -4.68. The van der Waals surface area contributed by atoms with Crippen LogP contribution < -0.4 is 11.0 Å². The Bertz CT molecular complexity index is 1290. The molecular weight excluding hydrogens is 378 g/mol. The van der Waals surface area contributed by atoms with Crippen molar-refractivity contribution in [3.8, 4) is 5.69 Å². The number of rotatable bonds is 2. The molecule has 0 aliphatic heterocycles. The Labute approximate surface area is 155 Å². The fraction of sp³-hybridized carbons (Fsp3) is 0.158. The van der Waals surface area contributed by atoms with E-state index >= 15 is 0 Å². The molecule has 5 nitrogen and oxygen atoms in total. The van der Waals surface area contributed by atoms with Crippen LogP contribution in [0.5, 0.6) is 0 Å². The molecule has 0 amide bonds. The molecule has 2 aromatic carbocycles. The van der Waals surface area contributed by atoms with Gasteiger partial charge in [0.1, 0.15) is 17.2 Å². The summed E-state index contributed by atoms with van der Waals surface area (Å²) in [6.07, 6.45) is -3.54. The smallest absolute Gasteiger partial charge is 0.417 e. The van der Waals surface area contributed by atoms with E-state index in [2.05, 4.69) is 10.3 Å². The fourth-order valence-electron chi connectivity index (χ4n) is 3.31. The number of nitrogens with one attached hydrogen (secondary N) is 1. The van der Waals surface area contributed by atoms with Crippen molar-refractivity contribution in [1.82, 2.24) is 9.55 Å². The highest BCUT2D eigenvalue weighted by atomic mass is 19.4. The van der Waals surface area contributed by atoms with Crippen molar-refractivity contribution in [2.75, 3.05) is 12.4 Å². The summed E-state index contributed by atoms with van der Waals surface area (Å²) in [5, 5.41) is 2.76. The molecule has 4 aromatic rings. The van der Waals surface area contributed by atoms with Crippen molar-refractivity contribution >= 4 is 27.7 Å². The zero-order chi connectivity index (χ0) is 20.2. The third-order valence-electron chi connectivity index (χ3n) is 4.62. The summed E-state index contributed by atoms with van der Waals surface area (Å²) in [6.45, 7) is 1.44. The third-order valence-corrected chi connectivity index (χ3v) is 4.62. The molecule has 28 heavy (non-hydrogen) atoms. The van der Waals surface area contributed by atoms with Crippen molar-refractivity contribution in [2.24, 2.45) is 0 Å². The number of benzene rings is 2. The first kappa shape index (κ1) is 18.0. The van der Waals surface area contributed by atoms with E-state index in [1.807, 2.05) is 0 Å². The van der Waals surface area contributed by atoms with E-state index in [0.29, 0.717) is 0 Å². The van der Waals surface area contributed by atoms with Gasteiger partial charge >= 0.3 is 11.9 Å². The molecule has 9 heteroatoms. The third kappa shape index (κ3) is 2.54.